The average molecular weight is 361 g/mol. The summed E-state index contributed by atoms with van der Waals surface area (Å²) in [5.41, 5.74) is 0.205. The Morgan fingerprint density at radius 2 is 2.08 bits per heavy atom. The summed E-state index contributed by atoms with van der Waals surface area (Å²) in [5.74, 6) is 0.717. The maximum absolute atomic E-state index is 12.4. The van der Waals surface area contributed by atoms with Gasteiger partial charge < -0.3 is 28.7 Å². The number of hydrogen-bond donors (Lipinski definition) is 1. The van der Waals surface area contributed by atoms with E-state index in [9.17, 15) is 9.59 Å². The Morgan fingerprint density at radius 3 is 2.81 bits per heavy atom. The Bertz CT molecular complexity index is 768. The van der Waals surface area contributed by atoms with Gasteiger partial charge >= 0.3 is 5.97 Å². The van der Waals surface area contributed by atoms with Crippen LogP contribution in [-0.2, 0) is 16.1 Å². The van der Waals surface area contributed by atoms with Crippen LogP contribution in [0.3, 0.4) is 0 Å². The standard InChI is InChI=1S/C18H19NO7/c1-11(17(20)19-10-13-4-3-5-23-13)26-18(21)12-8-14(22-2)16-15(9-12)24-6-7-25-16/h3-5,8-9,11H,6-7,10H2,1-2H3,(H,19,20)/t11-/m0/s1. The van der Waals surface area contributed by atoms with Crippen LogP contribution in [0.1, 0.15) is 23.0 Å². The number of hydrogen-bond acceptors (Lipinski definition) is 7. The first-order valence-electron chi connectivity index (χ1n) is 8.07. The summed E-state index contributed by atoms with van der Waals surface area (Å²) in [7, 11) is 1.47. The van der Waals surface area contributed by atoms with Crippen molar-refractivity contribution >= 4 is 11.9 Å². The Labute approximate surface area is 150 Å². The molecule has 1 amide bonds. The minimum absolute atomic E-state index is 0.205. The Hall–Kier alpha value is -3.16. The molecule has 0 saturated heterocycles. The van der Waals surface area contributed by atoms with Crippen molar-refractivity contribution in [3.8, 4) is 17.2 Å². The quantitative estimate of drug-likeness (QED) is 0.785. The van der Waals surface area contributed by atoms with Crippen molar-refractivity contribution in [1.82, 2.24) is 5.32 Å². The summed E-state index contributed by atoms with van der Waals surface area (Å²) in [6, 6.07) is 6.45. The molecule has 2 heterocycles. The van der Waals surface area contributed by atoms with Crippen LogP contribution in [0.2, 0.25) is 0 Å². The minimum Gasteiger partial charge on any atom is -0.493 e. The number of ether oxygens (including phenoxy) is 4. The monoisotopic (exact) mass is 361 g/mol. The van der Waals surface area contributed by atoms with Crippen molar-refractivity contribution in [2.45, 2.75) is 19.6 Å². The lowest BCUT2D eigenvalue weighted by molar-refractivity contribution is -0.129. The molecule has 1 N–H and O–H groups in total. The zero-order valence-corrected chi connectivity index (χ0v) is 14.4. The van der Waals surface area contributed by atoms with Gasteiger partial charge in [-0.05, 0) is 31.2 Å². The normalized spacial score (nSPS) is 13.6. The largest absolute Gasteiger partial charge is 0.493 e. The molecule has 2 aromatic rings. The molecule has 1 aliphatic rings. The summed E-state index contributed by atoms with van der Waals surface area (Å²) in [5, 5.41) is 2.63. The van der Waals surface area contributed by atoms with Crippen molar-refractivity contribution in [1.29, 1.82) is 0 Å². The minimum atomic E-state index is -0.975. The lowest BCUT2D eigenvalue weighted by Crippen LogP contribution is -2.35. The maximum Gasteiger partial charge on any atom is 0.339 e. The van der Waals surface area contributed by atoms with E-state index in [-0.39, 0.29) is 12.1 Å². The molecule has 1 aromatic carbocycles. The average Bonchev–Trinajstić information content (AvgIpc) is 3.18. The molecular weight excluding hydrogens is 342 g/mol. The van der Waals surface area contributed by atoms with E-state index < -0.39 is 18.0 Å². The van der Waals surface area contributed by atoms with E-state index in [1.807, 2.05) is 0 Å². The highest BCUT2D eigenvalue weighted by molar-refractivity contribution is 5.93. The van der Waals surface area contributed by atoms with Gasteiger partial charge in [0.1, 0.15) is 19.0 Å². The fourth-order valence-electron chi connectivity index (χ4n) is 2.40. The topological polar surface area (TPSA) is 96.2 Å². The first-order valence-corrected chi connectivity index (χ1v) is 8.07. The highest BCUT2D eigenvalue weighted by atomic mass is 16.6. The molecule has 0 bridgehead atoms. The smallest absolute Gasteiger partial charge is 0.339 e. The first-order chi connectivity index (χ1) is 12.6. The van der Waals surface area contributed by atoms with Gasteiger partial charge in [-0.15, -0.1) is 0 Å². The third-order valence-electron chi connectivity index (χ3n) is 3.73. The zero-order valence-electron chi connectivity index (χ0n) is 14.4. The first kappa shape index (κ1) is 17.7. The SMILES string of the molecule is COc1cc(C(=O)O[C@@H](C)C(=O)NCc2ccco2)cc2c1OCCO2. The predicted octanol–water partition coefficient (Wildman–Crippen LogP) is 1.92. The number of amides is 1. The van der Waals surface area contributed by atoms with Gasteiger partial charge in [0.15, 0.2) is 17.6 Å². The maximum atomic E-state index is 12.4. The van der Waals surface area contributed by atoms with Gasteiger partial charge in [-0.3, -0.25) is 4.79 Å². The number of benzene rings is 1. The van der Waals surface area contributed by atoms with Gasteiger partial charge in [-0.25, -0.2) is 4.79 Å². The number of esters is 1. The Balaban J connectivity index is 1.64. The van der Waals surface area contributed by atoms with Crippen molar-refractivity contribution in [2.75, 3.05) is 20.3 Å². The summed E-state index contributed by atoms with van der Waals surface area (Å²) in [4.78, 5) is 24.4. The van der Waals surface area contributed by atoms with E-state index >= 15 is 0 Å². The van der Waals surface area contributed by atoms with E-state index in [4.69, 9.17) is 23.4 Å². The second kappa shape index (κ2) is 7.81. The van der Waals surface area contributed by atoms with Crippen LogP contribution in [0.5, 0.6) is 17.2 Å². The Morgan fingerprint density at radius 1 is 1.27 bits per heavy atom. The summed E-state index contributed by atoms with van der Waals surface area (Å²) >= 11 is 0. The molecule has 0 spiro atoms. The summed E-state index contributed by atoms with van der Waals surface area (Å²) in [6.45, 7) is 2.48. The molecule has 8 heteroatoms. The molecule has 26 heavy (non-hydrogen) atoms. The molecule has 0 radical (unpaired) electrons. The second-order valence-corrected chi connectivity index (χ2v) is 5.55. The van der Waals surface area contributed by atoms with E-state index in [0.29, 0.717) is 36.2 Å². The number of methoxy groups -OCH3 is 1. The van der Waals surface area contributed by atoms with Crippen molar-refractivity contribution in [3.63, 3.8) is 0 Å². The van der Waals surface area contributed by atoms with E-state index in [2.05, 4.69) is 5.32 Å². The van der Waals surface area contributed by atoms with Crippen LogP contribution in [0.25, 0.3) is 0 Å². The molecule has 1 atom stereocenters. The van der Waals surface area contributed by atoms with Crippen molar-refractivity contribution in [2.24, 2.45) is 0 Å². The summed E-state index contributed by atoms with van der Waals surface area (Å²) in [6.07, 6.45) is 0.539. The van der Waals surface area contributed by atoms with Crippen LogP contribution in [0.4, 0.5) is 0 Å². The zero-order chi connectivity index (χ0) is 18.5. The van der Waals surface area contributed by atoms with Crippen molar-refractivity contribution < 1.29 is 33.0 Å². The molecule has 8 nitrogen and oxygen atoms in total. The highest BCUT2D eigenvalue weighted by Gasteiger charge is 2.24. The molecule has 138 valence electrons. The van der Waals surface area contributed by atoms with Gasteiger partial charge in [0.25, 0.3) is 5.91 Å². The van der Waals surface area contributed by atoms with Gasteiger partial charge in [-0.2, -0.15) is 0 Å². The van der Waals surface area contributed by atoms with Gasteiger partial charge in [0.05, 0.1) is 25.5 Å². The number of carbonyl (C=O) groups is 2. The van der Waals surface area contributed by atoms with Crippen LogP contribution in [0.15, 0.2) is 34.9 Å². The number of nitrogens with one attached hydrogen (secondary N) is 1. The molecule has 1 aromatic heterocycles. The van der Waals surface area contributed by atoms with Crippen molar-refractivity contribution in [3.05, 3.63) is 41.9 Å². The molecule has 3 rings (SSSR count). The molecule has 0 aliphatic carbocycles. The fourth-order valence-corrected chi connectivity index (χ4v) is 2.40. The fraction of sp³-hybridized carbons (Fsp3) is 0.333. The number of carbonyl (C=O) groups excluding carboxylic acids is 2. The van der Waals surface area contributed by atoms with Gasteiger partial charge in [0.2, 0.25) is 5.75 Å². The van der Waals surface area contributed by atoms with E-state index in [1.54, 1.807) is 12.1 Å². The number of furan rings is 1. The molecular formula is C18H19NO7. The Kier molecular flexibility index (Phi) is 5.31. The third kappa shape index (κ3) is 3.90. The highest BCUT2D eigenvalue weighted by Crippen LogP contribution is 2.40. The van der Waals surface area contributed by atoms with Gasteiger partial charge in [-0.1, -0.05) is 0 Å². The second-order valence-electron chi connectivity index (χ2n) is 5.55. The van der Waals surface area contributed by atoms with Gasteiger partial charge in [0, 0.05) is 0 Å². The van der Waals surface area contributed by atoms with Crippen LogP contribution >= 0.6 is 0 Å². The predicted molar refractivity (Wildman–Crippen MR) is 89.4 cm³/mol. The number of rotatable bonds is 6. The van der Waals surface area contributed by atoms with E-state index in [1.165, 1.54) is 32.4 Å². The van der Waals surface area contributed by atoms with E-state index in [0.717, 1.165) is 0 Å². The third-order valence-corrected chi connectivity index (χ3v) is 3.73. The lowest BCUT2D eigenvalue weighted by Gasteiger charge is -2.21. The van der Waals surface area contributed by atoms with Crippen LogP contribution < -0.4 is 19.5 Å². The molecule has 1 aliphatic heterocycles. The summed E-state index contributed by atoms with van der Waals surface area (Å²) < 4.78 is 26.6. The van der Waals surface area contributed by atoms with Crippen LogP contribution in [0, 0.1) is 0 Å². The van der Waals surface area contributed by atoms with Crippen LogP contribution in [-0.4, -0.2) is 38.3 Å². The molecule has 0 saturated carbocycles. The number of fused-ring (bicyclic) bond motifs is 1. The molecule has 0 fully saturated rings. The molecule has 0 unspecified atom stereocenters. The lowest BCUT2D eigenvalue weighted by atomic mass is 10.1.